The Morgan fingerprint density at radius 1 is 1.36 bits per heavy atom. The normalized spacial score (nSPS) is 16.8. The van der Waals surface area contributed by atoms with Gasteiger partial charge in [0.1, 0.15) is 13.3 Å². The van der Waals surface area contributed by atoms with Crippen LogP contribution in [0.2, 0.25) is 0 Å². The molecule has 1 N–H and O–H groups in total. The zero-order valence-corrected chi connectivity index (χ0v) is 8.44. The van der Waals surface area contributed by atoms with Gasteiger partial charge in [0, 0.05) is 19.2 Å². The topological polar surface area (TPSA) is 28.4 Å². The molecule has 4 heteroatoms. The third-order valence-corrected chi connectivity index (χ3v) is 2.44. The standard InChI is InChI=1S/C10H16N3O/c1-14-13-7-3-2-4-10(13)12-8-5-11-6-9-12/h2-4,7,11H,5-6,8-9H2,1H3/q+1. The summed E-state index contributed by atoms with van der Waals surface area (Å²) in [7, 11) is 1.69. The molecular formula is C10H16N3O+. The average Bonchev–Trinajstić information content (AvgIpc) is 2.30. The molecule has 1 aromatic heterocycles. The maximum Gasteiger partial charge on any atom is 0.316 e. The number of pyridine rings is 1. The molecule has 0 bridgehead atoms. The molecule has 1 aliphatic heterocycles. The average molecular weight is 194 g/mol. The van der Waals surface area contributed by atoms with E-state index in [1.807, 2.05) is 18.3 Å². The highest BCUT2D eigenvalue weighted by Crippen LogP contribution is 2.07. The van der Waals surface area contributed by atoms with Crippen LogP contribution in [0.5, 0.6) is 0 Å². The van der Waals surface area contributed by atoms with Crippen LogP contribution in [-0.2, 0) is 0 Å². The van der Waals surface area contributed by atoms with E-state index in [0.717, 1.165) is 32.0 Å². The molecule has 76 valence electrons. The molecular weight excluding hydrogens is 178 g/mol. The number of aromatic nitrogens is 1. The smallest absolute Gasteiger partial charge is 0.316 e. The number of hydrogen-bond donors (Lipinski definition) is 1. The molecule has 0 radical (unpaired) electrons. The third-order valence-electron chi connectivity index (χ3n) is 2.44. The highest BCUT2D eigenvalue weighted by atomic mass is 16.6. The Bertz CT molecular complexity index is 297. The van der Waals surface area contributed by atoms with Gasteiger partial charge >= 0.3 is 5.82 Å². The molecule has 1 aromatic rings. The van der Waals surface area contributed by atoms with Gasteiger partial charge in [-0.15, -0.1) is 0 Å². The minimum Gasteiger partial charge on any atom is -0.339 e. The van der Waals surface area contributed by atoms with Crippen molar-refractivity contribution in [2.75, 3.05) is 38.2 Å². The Morgan fingerprint density at radius 3 is 2.86 bits per heavy atom. The monoisotopic (exact) mass is 194 g/mol. The van der Waals surface area contributed by atoms with Crippen LogP contribution < -0.4 is 19.8 Å². The highest BCUT2D eigenvalue weighted by Gasteiger charge is 2.21. The summed E-state index contributed by atoms with van der Waals surface area (Å²) in [6, 6.07) is 6.08. The van der Waals surface area contributed by atoms with Gasteiger partial charge < -0.3 is 10.2 Å². The number of nitrogens with zero attached hydrogens (tertiary/aromatic N) is 2. The molecule has 0 spiro atoms. The second-order valence-electron chi connectivity index (χ2n) is 3.30. The molecule has 1 aliphatic rings. The van der Waals surface area contributed by atoms with E-state index in [-0.39, 0.29) is 0 Å². The fourth-order valence-electron chi connectivity index (χ4n) is 1.71. The lowest BCUT2D eigenvalue weighted by Crippen LogP contribution is -2.52. The van der Waals surface area contributed by atoms with Gasteiger partial charge in [-0.1, -0.05) is 6.07 Å². The van der Waals surface area contributed by atoms with Gasteiger partial charge in [0.25, 0.3) is 0 Å². The lowest BCUT2D eigenvalue weighted by atomic mass is 10.3. The molecule has 0 aromatic carbocycles. The Kier molecular flexibility index (Phi) is 2.84. The van der Waals surface area contributed by atoms with Gasteiger partial charge in [0.15, 0.2) is 0 Å². The molecule has 0 amide bonds. The van der Waals surface area contributed by atoms with Gasteiger partial charge in [-0.2, -0.15) is 0 Å². The molecule has 14 heavy (non-hydrogen) atoms. The minimum atomic E-state index is 1.04. The van der Waals surface area contributed by atoms with E-state index in [0.29, 0.717) is 0 Å². The van der Waals surface area contributed by atoms with Crippen molar-refractivity contribution in [2.45, 2.75) is 0 Å². The largest absolute Gasteiger partial charge is 0.339 e. The van der Waals surface area contributed by atoms with E-state index >= 15 is 0 Å². The van der Waals surface area contributed by atoms with Gasteiger partial charge in [-0.05, 0) is 10.8 Å². The molecule has 0 aliphatic carbocycles. The number of piperazine rings is 1. The first-order valence-electron chi connectivity index (χ1n) is 4.92. The maximum atomic E-state index is 5.25. The lowest BCUT2D eigenvalue weighted by molar-refractivity contribution is -0.875. The summed E-state index contributed by atoms with van der Waals surface area (Å²) >= 11 is 0. The van der Waals surface area contributed by atoms with Gasteiger partial charge in [-0.25, -0.2) is 0 Å². The van der Waals surface area contributed by atoms with Crippen LogP contribution in [0.4, 0.5) is 5.82 Å². The van der Waals surface area contributed by atoms with Crippen molar-refractivity contribution < 1.29 is 9.57 Å². The Morgan fingerprint density at radius 2 is 2.14 bits per heavy atom. The van der Waals surface area contributed by atoms with Crippen LogP contribution in [0.15, 0.2) is 24.4 Å². The quantitative estimate of drug-likeness (QED) is 0.640. The van der Waals surface area contributed by atoms with E-state index in [4.69, 9.17) is 4.84 Å². The van der Waals surface area contributed by atoms with Crippen LogP contribution in [0.3, 0.4) is 0 Å². The summed E-state index contributed by atoms with van der Waals surface area (Å²) in [6.45, 7) is 4.15. The first-order chi connectivity index (χ1) is 6.92. The zero-order valence-electron chi connectivity index (χ0n) is 8.44. The predicted molar refractivity (Wildman–Crippen MR) is 54.2 cm³/mol. The lowest BCUT2D eigenvalue weighted by Gasteiger charge is -2.22. The first kappa shape index (κ1) is 9.27. The minimum absolute atomic E-state index is 1.04. The van der Waals surface area contributed by atoms with Crippen molar-refractivity contribution >= 4 is 5.82 Å². The van der Waals surface area contributed by atoms with Crippen molar-refractivity contribution in [3.63, 3.8) is 0 Å². The van der Waals surface area contributed by atoms with Crippen molar-refractivity contribution in [2.24, 2.45) is 0 Å². The van der Waals surface area contributed by atoms with Crippen LogP contribution >= 0.6 is 0 Å². The molecule has 2 heterocycles. The highest BCUT2D eigenvalue weighted by molar-refractivity contribution is 5.32. The van der Waals surface area contributed by atoms with Gasteiger partial charge in [0.2, 0.25) is 0 Å². The number of hydrogen-bond acceptors (Lipinski definition) is 3. The second kappa shape index (κ2) is 4.28. The maximum absolute atomic E-state index is 5.25. The number of rotatable bonds is 2. The Balaban J connectivity index is 2.20. The molecule has 4 nitrogen and oxygen atoms in total. The summed E-state index contributed by atoms with van der Waals surface area (Å²) in [6.07, 6.45) is 1.93. The van der Waals surface area contributed by atoms with Crippen molar-refractivity contribution in [1.82, 2.24) is 5.32 Å². The first-order valence-corrected chi connectivity index (χ1v) is 4.92. The van der Waals surface area contributed by atoms with Crippen molar-refractivity contribution in [1.29, 1.82) is 0 Å². The summed E-state index contributed by atoms with van der Waals surface area (Å²) < 4.78 is 1.80. The fraction of sp³-hybridized carbons (Fsp3) is 0.500. The summed E-state index contributed by atoms with van der Waals surface area (Å²) in [5, 5.41) is 3.33. The van der Waals surface area contributed by atoms with Crippen LogP contribution in [-0.4, -0.2) is 33.3 Å². The van der Waals surface area contributed by atoms with E-state index in [1.165, 1.54) is 0 Å². The third kappa shape index (κ3) is 1.80. The Labute approximate surface area is 84.1 Å². The summed E-state index contributed by atoms with van der Waals surface area (Å²) in [5.74, 6) is 1.12. The second-order valence-corrected chi connectivity index (χ2v) is 3.30. The van der Waals surface area contributed by atoms with E-state index < -0.39 is 0 Å². The van der Waals surface area contributed by atoms with Crippen molar-refractivity contribution in [3.8, 4) is 0 Å². The van der Waals surface area contributed by atoms with E-state index in [2.05, 4.69) is 16.3 Å². The van der Waals surface area contributed by atoms with E-state index in [9.17, 15) is 0 Å². The van der Waals surface area contributed by atoms with Crippen LogP contribution in [0.25, 0.3) is 0 Å². The SMILES string of the molecule is CO[n+]1ccccc1N1CCNCC1. The molecule has 0 unspecified atom stereocenters. The van der Waals surface area contributed by atoms with Gasteiger partial charge in [0.05, 0.1) is 13.1 Å². The zero-order chi connectivity index (χ0) is 9.80. The fourth-order valence-corrected chi connectivity index (χ4v) is 1.71. The molecule has 2 rings (SSSR count). The summed E-state index contributed by atoms with van der Waals surface area (Å²) in [4.78, 5) is 7.57. The van der Waals surface area contributed by atoms with E-state index in [1.54, 1.807) is 11.8 Å². The summed E-state index contributed by atoms with van der Waals surface area (Å²) in [5.41, 5.74) is 0. The number of anilines is 1. The molecule has 0 atom stereocenters. The predicted octanol–water partition coefficient (Wildman–Crippen LogP) is -0.558. The molecule has 0 saturated carbocycles. The number of nitrogens with one attached hydrogen (secondary N) is 1. The van der Waals surface area contributed by atoms with Crippen molar-refractivity contribution in [3.05, 3.63) is 24.4 Å². The van der Waals surface area contributed by atoms with Crippen LogP contribution in [0.1, 0.15) is 0 Å². The molecule has 1 fully saturated rings. The van der Waals surface area contributed by atoms with Gasteiger partial charge in [-0.3, -0.25) is 4.90 Å². The molecule has 1 saturated heterocycles. The van der Waals surface area contributed by atoms with Crippen LogP contribution in [0, 0.1) is 0 Å². The Hall–Kier alpha value is -1.29.